The van der Waals surface area contributed by atoms with Crippen molar-refractivity contribution in [3.63, 3.8) is 0 Å². The zero-order chi connectivity index (χ0) is 18.2. The van der Waals surface area contributed by atoms with Gasteiger partial charge in [0.15, 0.2) is 0 Å². The summed E-state index contributed by atoms with van der Waals surface area (Å²) in [7, 11) is 3.39. The molecule has 2 amide bonds. The molecule has 1 fully saturated rings. The second-order valence-corrected chi connectivity index (χ2v) is 6.66. The summed E-state index contributed by atoms with van der Waals surface area (Å²) in [6.07, 6.45) is 3.29. The summed E-state index contributed by atoms with van der Waals surface area (Å²) in [5, 5.41) is 8.08. The Kier molecular flexibility index (Phi) is 4.41. The van der Waals surface area contributed by atoms with Gasteiger partial charge in [-0.3, -0.25) is 14.3 Å². The first kappa shape index (κ1) is 17.3. The maximum Gasteiger partial charge on any atom is 0.254 e. The molecule has 1 atom stereocenters. The molecule has 1 aliphatic rings. The number of hydrogen-bond donors (Lipinski definition) is 1. The molecule has 0 saturated carbocycles. The summed E-state index contributed by atoms with van der Waals surface area (Å²) in [5.74, 6) is 0.304. The van der Waals surface area contributed by atoms with Crippen molar-refractivity contribution < 1.29 is 14.3 Å². The van der Waals surface area contributed by atoms with E-state index in [1.807, 2.05) is 33.2 Å². The highest BCUT2D eigenvalue weighted by molar-refractivity contribution is 6.03. The number of carbonyl (C=O) groups excluding carboxylic acids is 2. The molecule has 3 rings (SSSR count). The van der Waals surface area contributed by atoms with Gasteiger partial charge in [0.05, 0.1) is 7.11 Å². The molecule has 2 aromatic rings. The normalized spacial score (nSPS) is 20.6. The van der Waals surface area contributed by atoms with Gasteiger partial charge in [0.25, 0.3) is 5.91 Å². The predicted molar refractivity (Wildman–Crippen MR) is 94.6 cm³/mol. The van der Waals surface area contributed by atoms with Crippen LogP contribution in [0.3, 0.4) is 0 Å². The number of hydrogen-bond acceptors (Lipinski definition) is 4. The summed E-state index contributed by atoms with van der Waals surface area (Å²) in [5.41, 5.74) is 0.393. The lowest BCUT2D eigenvalue weighted by Crippen LogP contribution is -2.64. The fraction of sp³-hybridized carbons (Fsp3) is 0.500. The number of ether oxygens (including phenoxy) is 1. The zero-order valence-corrected chi connectivity index (χ0v) is 15.1. The van der Waals surface area contributed by atoms with E-state index in [1.54, 1.807) is 22.8 Å². The lowest BCUT2D eigenvalue weighted by Gasteiger charge is -2.43. The summed E-state index contributed by atoms with van der Waals surface area (Å²) < 4.78 is 7.11. The maximum absolute atomic E-state index is 13.2. The van der Waals surface area contributed by atoms with Crippen molar-refractivity contribution in [2.75, 3.05) is 20.2 Å². The number of carbonyl (C=O) groups is 2. The van der Waals surface area contributed by atoms with Crippen LogP contribution >= 0.6 is 0 Å². The molecule has 25 heavy (non-hydrogen) atoms. The molecule has 2 heterocycles. The van der Waals surface area contributed by atoms with Crippen molar-refractivity contribution in [2.24, 2.45) is 7.05 Å². The van der Waals surface area contributed by atoms with E-state index in [-0.39, 0.29) is 11.8 Å². The zero-order valence-electron chi connectivity index (χ0n) is 15.1. The van der Waals surface area contributed by atoms with Crippen LogP contribution in [0.2, 0.25) is 0 Å². The molecule has 0 bridgehead atoms. The molecule has 1 aromatic heterocycles. The minimum Gasteiger partial charge on any atom is -0.494 e. The number of piperazine rings is 1. The van der Waals surface area contributed by atoms with E-state index in [9.17, 15) is 9.59 Å². The minimum absolute atomic E-state index is 0.0941. The number of rotatable bonds is 4. The van der Waals surface area contributed by atoms with Gasteiger partial charge < -0.3 is 15.0 Å². The standard InChI is InChI=1S/C18H24N4O3/c1-5-6-18(2)17(24)19-7-8-22(18)16(23)12-9-13-11-21(3)20-15(13)14(10-12)25-4/h9-11H,5-8H2,1-4H3,(H,19,24). The van der Waals surface area contributed by atoms with Gasteiger partial charge in [-0.15, -0.1) is 0 Å². The summed E-state index contributed by atoms with van der Waals surface area (Å²) in [6.45, 7) is 4.81. The third-order valence-electron chi connectivity index (χ3n) is 4.84. The van der Waals surface area contributed by atoms with Crippen LogP contribution in [0, 0.1) is 0 Å². The Bertz CT molecular complexity index is 829. The van der Waals surface area contributed by atoms with Crippen molar-refractivity contribution in [2.45, 2.75) is 32.2 Å². The molecule has 1 N–H and O–H groups in total. The molecule has 1 aromatic carbocycles. The van der Waals surface area contributed by atoms with Crippen LogP contribution in [0.15, 0.2) is 18.3 Å². The number of aryl methyl sites for hydroxylation is 1. The lowest BCUT2D eigenvalue weighted by atomic mass is 9.90. The molecule has 1 aliphatic heterocycles. The SMILES string of the molecule is CCCC1(C)C(=O)NCCN1C(=O)c1cc(OC)c2nn(C)cc2c1. The van der Waals surface area contributed by atoms with Crippen LogP contribution in [0.1, 0.15) is 37.0 Å². The lowest BCUT2D eigenvalue weighted by molar-refractivity contribution is -0.134. The van der Waals surface area contributed by atoms with Crippen molar-refractivity contribution in [3.8, 4) is 5.75 Å². The molecular formula is C18H24N4O3. The van der Waals surface area contributed by atoms with Gasteiger partial charge in [-0.1, -0.05) is 13.3 Å². The van der Waals surface area contributed by atoms with E-state index >= 15 is 0 Å². The molecule has 0 radical (unpaired) electrons. The Hall–Kier alpha value is -2.57. The van der Waals surface area contributed by atoms with Gasteiger partial charge in [-0.2, -0.15) is 5.10 Å². The average Bonchev–Trinajstić information content (AvgIpc) is 2.96. The quantitative estimate of drug-likeness (QED) is 0.916. The van der Waals surface area contributed by atoms with E-state index in [0.717, 1.165) is 11.8 Å². The molecule has 7 heteroatoms. The highest BCUT2D eigenvalue weighted by atomic mass is 16.5. The smallest absolute Gasteiger partial charge is 0.254 e. The summed E-state index contributed by atoms with van der Waals surface area (Å²) in [4.78, 5) is 27.4. The first-order valence-electron chi connectivity index (χ1n) is 8.52. The van der Waals surface area contributed by atoms with E-state index < -0.39 is 5.54 Å². The maximum atomic E-state index is 13.2. The van der Waals surface area contributed by atoms with E-state index in [4.69, 9.17) is 4.74 Å². The van der Waals surface area contributed by atoms with Gasteiger partial charge in [0.2, 0.25) is 5.91 Å². The highest BCUT2D eigenvalue weighted by Gasteiger charge is 2.44. The van der Waals surface area contributed by atoms with Gasteiger partial charge in [-0.05, 0) is 25.5 Å². The predicted octanol–water partition coefficient (Wildman–Crippen LogP) is 1.71. The highest BCUT2D eigenvalue weighted by Crippen LogP contribution is 2.30. The number of nitrogens with zero attached hydrogens (tertiary/aromatic N) is 3. The van der Waals surface area contributed by atoms with Gasteiger partial charge >= 0.3 is 0 Å². The fourth-order valence-electron chi connectivity index (χ4n) is 3.56. The van der Waals surface area contributed by atoms with Crippen molar-refractivity contribution in [1.82, 2.24) is 20.0 Å². The molecule has 134 valence electrons. The van der Waals surface area contributed by atoms with E-state index in [2.05, 4.69) is 10.4 Å². The summed E-state index contributed by atoms with van der Waals surface area (Å²) in [6, 6.07) is 3.52. The Morgan fingerprint density at radius 2 is 2.20 bits per heavy atom. The van der Waals surface area contributed by atoms with Crippen LogP contribution in [0.25, 0.3) is 10.9 Å². The van der Waals surface area contributed by atoms with Crippen LogP contribution in [-0.2, 0) is 11.8 Å². The van der Waals surface area contributed by atoms with Crippen LogP contribution in [-0.4, -0.2) is 52.2 Å². The van der Waals surface area contributed by atoms with Crippen LogP contribution in [0.5, 0.6) is 5.75 Å². The Morgan fingerprint density at radius 3 is 2.88 bits per heavy atom. The first-order valence-corrected chi connectivity index (χ1v) is 8.52. The number of aromatic nitrogens is 2. The second-order valence-electron chi connectivity index (χ2n) is 6.66. The Balaban J connectivity index is 2.04. The fourth-order valence-corrected chi connectivity index (χ4v) is 3.56. The molecule has 0 aliphatic carbocycles. The van der Waals surface area contributed by atoms with Gasteiger partial charge in [0, 0.05) is 37.3 Å². The molecular weight excluding hydrogens is 320 g/mol. The Labute approximate surface area is 146 Å². The number of benzene rings is 1. The number of nitrogens with one attached hydrogen (secondary N) is 1. The molecule has 0 spiro atoms. The molecule has 1 unspecified atom stereocenters. The average molecular weight is 344 g/mol. The van der Waals surface area contributed by atoms with E-state index in [0.29, 0.717) is 36.3 Å². The largest absolute Gasteiger partial charge is 0.494 e. The topological polar surface area (TPSA) is 76.5 Å². The van der Waals surface area contributed by atoms with E-state index in [1.165, 1.54) is 0 Å². The van der Waals surface area contributed by atoms with Crippen LogP contribution < -0.4 is 10.1 Å². The Morgan fingerprint density at radius 1 is 1.44 bits per heavy atom. The monoisotopic (exact) mass is 344 g/mol. The molecule has 1 saturated heterocycles. The molecule has 7 nitrogen and oxygen atoms in total. The second kappa shape index (κ2) is 6.38. The van der Waals surface area contributed by atoms with Crippen LogP contribution in [0.4, 0.5) is 0 Å². The third-order valence-corrected chi connectivity index (χ3v) is 4.84. The summed E-state index contributed by atoms with van der Waals surface area (Å²) >= 11 is 0. The number of fused-ring (bicyclic) bond motifs is 1. The first-order chi connectivity index (χ1) is 11.9. The third kappa shape index (κ3) is 2.83. The van der Waals surface area contributed by atoms with Gasteiger partial charge in [0.1, 0.15) is 16.8 Å². The minimum atomic E-state index is -0.832. The van der Waals surface area contributed by atoms with Gasteiger partial charge in [-0.25, -0.2) is 0 Å². The van der Waals surface area contributed by atoms with Crippen molar-refractivity contribution >= 4 is 22.7 Å². The van der Waals surface area contributed by atoms with Crippen molar-refractivity contribution in [3.05, 3.63) is 23.9 Å². The number of methoxy groups -OCH3 is 1. The number of amides is 2. The van der Waals surface area contributed by atoms with Crippen molar-refractivity contribution in [1.29, 1.82) is 0 Å².